The van der Waals surface area contributed by atoms with E-state index in [4.69, 9.17) is 4.74 Å². The molecular formula is C19H22N2O3. The molecule has 1 unspecified atom stereocenters. The Labute approximate surface area is 142 Å². The quantitative estimate of drug-likeness (QED) is 0.822. The molecule has 0 aliphatic carbocycles. The number of amides is 2. The molecule has 24 heavy (non-hydrogen) atoms. The van der Waals surface area contributed by atoms with E-state index < -0.39 is 6.10 Å². The summed E-state index contributed by atoms with van der Waals surface area (Å²) < 4.78 is 5.52. The summed E-state index contributed by atoms with van der Waals surface area (Å²) in [5, 5.41) is 5.40. The van der Waals surface area contributed by atoms with Crippen molar-refractivity contribution >= 4 is 17.5 Å². The number of nitrogens with one attached hydrogen (secondary N) is 2. The van der Waals surface area contributed by atoms with Gasteiger partial charge in [-0.05, 0) is 37.1 Å². The predicted octanol–water partition coefficient (Wildman–Crippen LogP) is 2.77. The summed E-state index contributed by atoms with van der Waals surface area (Å²) in [6.07, 6.45) is 0.147. The first-order chi connectivity index (χ1) is 11.6. The van der Waals surface area contributed by atoms with Crippen molar-refractivity contribution in [3.8, 4) is 5.75 Å². The summed E-state index contributed by atoms with van der Waals surface area (Å²) in [6, 6.07) is 16.7. The van der Waals surface area contributed by atoms with Crippen LogP contribution in [0.2, 0.25) is 0 Å². The van der Waals surface area contributed by atoms with Crippen molar-refractivity contribution in [2.75, 3.05) is 11.9 Å². The second kappa shape index (κ2) is 8.72. The van der Waals surface area contributed by atoms with E-state index in [0.717, 1.165) is 17.7 Å². The highest BCUT2D eigenvalue weighted by Crippen LogP contribution is 2.15. The fourth-order valence-electron chi connectivity index (χ4n) is 2.21. The average molecular weight is 326 g/mol. The molecule has 126 valence electrons. The first-order valence-corrected chi connectivity index (χ1v) is 7.97. The van der Waals surface area contributed by atoms with E-state index in [0.29, 0.717) is 5.75 Å². The fourth-order valence-corrected chi connectivity index (χ4v) is 2.21. The Hall–Kier alpha value is -2.82. The fraction of sp³-hybridized carbons (Fsp3) is 0.263. The van der Waals surface area contributed by atoms with Crippen LogP contribution in [0.1, 0.15) is 19.4 Å². The number of carbonyl (C=O) groups is 2. The van der Waals surface area contributed by atoms with Crippen LogP contribution in [0.15, 0.2) is 54.6 Å². The van der Waals surface area contributed by atoms with Gasteiger partial charge in [-0.1, -0.05) is 43.3 Å². The summed E-state index contributed by atoms with van der Waals surface area (Å²) in [6.45, 7) is 3.57. The molecule has 0 aliphatic heterocycles. The molecule has 0 heterocycles. The smallest absolute Gasteiger partial charge is 0.261 e. The molecule has 0 aromatic heterocycles. The molecule has 0 aliphatic rings. The van der Waals surface area contributed by atoms with Crippen LogP contribution in [0.5, 0.6) is 5.75 Å². The summed E-state index contributed by atoms with van der Waals surface area (Å²) in [7, 11) is 0. The van der Waals surface area contributed by atoms with Crippen LogP contribution in [0.25, 0.3) is 0 Å². The number of hydrogen-bond donors (Lipinski definition) is 2. The Morgan fingerprint density at radius 3 is 2.42 bits per heavy atom. The highest BCUT2D eigenvalue weighted by molar-refractivity contribution is 5.95. The van der Waals surface area contributed by atoms with E-state index in [9.17, 15) is 9.59 Å². The zero-order chi connectivity index (χ0) is 17.4. The molecule has 2 aromatic rings. The Kier molecular flexibility index (Phi) is 6.37. The van der Waals surface area contributed by atoms with Crippen molar-refractivity contribution < 1.29 is 14.3 Å². The minimum absolute atomic E-state index is 0.0978. The molecule has 0 saturated heterocycles. The van der Waals surface area contributed by atoms with E-state index in [1.165, 1.54) is 0 Å². The second-order valence-electron chi connectivity index (χ2n) is 5.35. The molecule has 2 amide bonds. The molecule has 2 rings (SSSR count). The molecule has 2 N–H and O–H groups in total. The SMILES string of the molecule is CCc1ccccc1NC(=O)CNC(=O)C(C)Oc1ccccc1. The number of aryl methyl sites for hydroxylation is 1. The van der Waals surface area contributed by atoms with Gasteiger partial charge in [0.2, 0.25) is 5.91 Å². The molecule has 0 bridgehead atoms. The zero-order valence-corrected chi connectivity index (χ0v) is 13.9. The van der Waals surface area contributed by atoms with Crippen LogP contribution in [0, 0.1) is 0 Å². The third kappa shape index (κ3) is 5.12. The number of hydrogen-bond acceptors (Lipinski definition) is 3. The van der Waals surface area contributed by atoms with Gasteiger partial charge in [-0.25, -0.2) is 0 Å². The summed E-state index contributed by atoms with van der Waals surface area (Å²) in [5.41, 5.74) is 1.82. The standard InChI is InChI=1S/C19H22N2O3/c1-3-15-9-7-8-12-17(15)21-18(22)13-20-19(23)14(2)24-16-10-5-4-6-11-16/h4-12,14H,3,13H2,1-2H3,(H,20,23)(H,21,22). The number of anilines is 1. The lowest BCUT2D eigenvalue weighted by atomic mass is 10.1. The van der Waals surface area contributed by atoms with Crippen LogP contribution >= 0.6 is 0 Å². The minimum atomic E-state index is -0.678. The maximum absolute atomic E-state index is 12.0. The van der Waals surface area contributed by atoms with E-state index in [2.05, 4.69) is 10.6 Å². The maximum Gasteiger partial charge on any atom is 0.261 e. The Bertz CT molecular complexity index is 686. The number of para-hydroxylation sites is 2. The average Bonchev–Trinajstić information content (AvgIpc) is 2.61. The summed E-state index contributed by atoms with van der Waals surface area (Å²) >= 11 is 0. The van der Waals surface area contributed by atoms with Crippen molar-refractivity contribution in [1.29, 1.82) is 0 Å². The highest BCUT2D eigenvalue weighted by atomic mass is 16.5. The van der Waals surface area contributed by atoms with E-state index in [-0.39, 0.29) is 18.4 Å². The van der Waals surface area contributed by atoms with Gasteiger partial charge in [0.15, 0.2) is 6.10 Å². The normalized spacial score (nSPS) is 11.4. The Morgan fingerprint density at radius 2 is 1.71 bits per heavy atom. The minimum Gasteiger partial charge on any atom is -0.481 e. The molecular weight excluding hydrogens is 304 g/mol. The Morgan fingerprint density at radius 1 is 1.04 bits per heavy atom. The zero-order valence-electron chi connectivity index (χ0n) is 13.9. The predicted molar refractivity (Wildman–Crippen MR) is 94.0 cm³/mol. The van der Waals surface area contributed by atoms with Gasteiger partial charge in [-0.2, -0.15) is 0 Å². The molecule has 5 nitrogen and oxygen atoms in total. The van der Waals surface area contributed by atoms with E-state index in [1.807, 2.05) is 49.4 Å². The number of ether oxygens (including phenoxy) is 1. The van der Waals surface area contributed by atoms with Gasteiger partial charge in [-0.3, -0.25) is 9.59 Å². The third-order valence-electron chi connectivity index (χ3n) is 3.52. The lowest BCUT2D eigenvalue weighted by molar-refractivity contribution is -0.129. The summed E-state index contributed by atoms with van der Waals surface area (Å²) in [4.78, 5) is 24.0. The molecule has 0 saturated carbocycles. The largest absolute Gasteiger partial charge is 0.481 e. The number of carbonyl (C=O) groups excluding carboxylic acids is 2. The number of rotatable bonds is 7. The van der Waals surface area contributed by atoms with Gasteiger partial charge in [0.05, 0.1) is 6.54 Å². The number of benzene rings is 2. The van der Waals surface area contributed by atoms with Crippen LogP contribution in [0.3, 0.4) is 0 Å². The molecule has 5 heteroatoms. The molecule has 0 spiro atoms. The van der Waals surface area contributed by atoms with E-state index >= 15 is 0 Å². The van der Waals surface area contributed by atoms with Gasteiger partial charge in [-0.15, -0.1) is 0 Å². The first kappa shape index (κ1) is 17.5. The van der Waals surface area contributed by atoms with Crippen molar-refractivity contribution in [3.05, 3.63) is 60.2 Å². The highest BCUT2D eigenvalue weighted by Gasteiger charge is 2.15. The van der Waals surface area contributed by atoms with Gasteiger partial charge < -0.3 is 15.4 Å². The van der Waals surface area contributed by atoms with Crippen LogP contribution < -0.4 is 15.4 Å². The molecule has 2 aromatic carbocycles. The van der Waals surface area contributed by atoms with Gasteiger partial charge in [0.1, 0.15) is 5.75 Å². The van der Waals surface area contributed by atoms with Crippen molar-refractivity contribution in [1.82, 2.24) is 5.32 Å². The molecule has 0 fully saturated rings. The van der Waals surface area contributed by atoms with Crippen molar-refractivity contribution in [3.63, 3.8) is 0 Å². The van der Waals surface area contributed by atoms with Crippen LogP contribution in [-0.2, 0) is 16.0 Å². The third-order valence-corrected chi connectivity index (χ3v) is 3.52. The van der Waals surface area contributed by atoms with Gasteiger partial charge in [0.25, 0.3) is 5.91 Å². The van der Waals surface area contributed by atoms with Gasteiger partial charge >= 0.3 is 0 Å². The second-order valence-corrected chi connectivity index (χ2v) is 5.35. The lowest BCUT2D eigenvalue weighted by Gasteiger charge is -2.15. The van der Waals surface area contributed by atoms with Crippen molar-refractivity contribution in [2.24, 2.45) is 0 Å². The van der Waals surface area contributed by atoms with Crippen LogP contribution in [0.4, 0.5) is 5.69 Å². The van der Waals surface area contributed by atoms with E-state index in [1.54, 1.807) is 19.1 Å². The molecule has 1 atom stereocenters. The summed E-state index contributed by atoms with van der Waals surface area (Å²) in [5.74, 6) is 0.00964. The van der Waals surface area contributed by atoms with Crippen molar-refractivity contribution in [2.45, 2.75) is 26.4 Å². The Balaban J connectivity index is 1.81. The maximum atomic E-state index is 12.0. The van der Waals surface area contributed by atoms with Gasteiger partial charge in [0, 0.05) is 5.69 Å². The lowest BCUT2D eigenvalue weighted by Crippen LogP contribution is -2.40. The monoisotopic (exact) mass is 326 g/mol. The first-order valence-electron chi connectivity index (χ1n) is 7.97. The molecule has 0 radical (unpaired) electrons. The topological polar surface area (TPSA) is 67.4 Å². The van der Waals surface area contributed by atoms with Crippen LogP contribution in [-0.4, -0.2) is 24.5 Å².